The van der Waals surface area contributed by atoms with E-state index in [1.807, 2.05) is 60.7 Å². The molecule has 0 aromatic heterocycles. The summed E-state index contributed by atoms with van der Waals surface area (Å²) >= 11 is 0. The molecule has 5 rings (SSSR count). The van der Waals surface area contributed by atoms with Crippen LogP contribution in [0.15, 0.2) is 94.7 Å². The number of amides is 1. The van der Waals surface area contributed by atoms with Crippen molar-refractivity contribution in [3.63, 3.8) is 0 Å². The number of aliphatic imine (C=N–C) groups is 2. The number of ether oxygens (including phenoxy) is 1. The summed E-state index contributed by atoms with van der Waals surface area (Å²) in [4.78, 5) is 24.3. The molecule has 0 radical (unpaired) electrons. The van der Waals surface area contributed by atoms with E-state index in [0.717, 1.165) is 48.9 Å². The fraction of sp³-hybridized carbons (Fsp3) is 0.219. The van der Waals surface area contributed by atoms with Crippen LogP contribution >= 0.6 is 0 Å². The van der Waals surface area contributed by atoms with Crippen LogP contribution in [0.4, 0.5) is 8.78 Å². The highest BCUT2D eigenvalue weighted by atomic mass is 19.1. The summed E-state index contributed by atoms with van der Waals surface area (Å²) in [6, 6.07) is 21.7. The van der Waals surface area contributed by atoms with Crippen LogP contribution in [0.2, 0.25) is 0 Å². The van der Waals surface area contributed by atoms with Crippen molar-refractivity contribution < 1.29 is 18.3 Å². The molecule has 198 valence electrons. The lowest BCUT2D eigenvalue weighted by Crippen LogP contribution is -2.36. The standard InChI is InChI=1S/C32H29F2N3O2/c1-2-3-4-11-16-39-30-25(33)17-23(18-26(30)34)20-28-32(38)37-21-29(24-14-9-6-10-15-24)35-27(31(37)36-28)19-22-12-7-5-8-13-22/h5-10,12-15,17-18,20-21H,2-4,11,16,19H2,1H3/b28-20-. The van der Waals surface area contributed by atoms with Crippen LogP contribution < -0.4 is 4.74 Å². The molecule has 7 heteroatoms. The van der Waals surface area contributed by atoms with E-state index < -0.39 is 23.3 Å². The van der Waals surface area contributed by atoms with Crippen molar-refractivity contribution in [3.05, 3.63) is 113 Å². The van der Waals surface area contributed by atoms with Crippen LogP contribution in [-0.4, -0.2) is 29.0 Å². The van der Waals surface area contributed by atoms with E-state index in [1.165, 1.54) is 11.0 Å². The highest BCUT2D eigenvalue weighted by Crippen LogP contribution is 2.30. The monoisotopic (exact) mass is 525 g/mol. The van der Waals surface area contributed by atoms with Crippen molar-refractivity contribution in [1.82, 2.24) is 4.90 Å². The first-order valence-corrected chi connectivity index (χ1v) is 13.2. The van der Waals surface area contributed by atoms with E-state index in [1.54, 1.807) is 6.20 Å². The summed E-state index contributed by atoms with van der Waals surface area (Å²) in [5.74, 6) is -2.02. The van der Waals surface area contributed by atoms with E-state index in [-0.39, 0.29) is 17.9 Å². The number of rotatable bonds is 10. The predicted molar refractivity (Wildman–Crippen MR) is 150 cm³/mol. The van der Waals surface area contributed by atoms with E-state index >= 15 is 0 Å². The van der Waals surface area contributed by atoms with Crippen LogP contribution in [0.1, 0.15) is 49.3 Å². The Morgan fingerprint density at radius 1 is 0.897 bits per heavy atom. The van der Waals surface area contributed by atoms with Crippen molar-refractivity contribution in [3.8, 4) is 5.75 Å². The molecule has 2 aliphatic heterocycles. The number of nitrogens with zero attached hydrogens (tertiary/aromatic N) is 3. The van der Waals surface area contributed by atoms with Gasteiger partial charge in [-0.2, -0.15) is 0 Å². The summed E-state index contributed by atoms with van der Waals surface area (Å²) in [5, 5.41) is 0. The summed E-state index contributed by atoms with van der Waals surface area (Å²) < 4.78 is 34.8. The van der Waals surface area contributed by atoms with Crippen LogP contribution in [-0.2, 0) is 11.2 Å². The van der Waals surface area contributed by atoms with Crippen molar-refractivity contribution in [2.75, 3.05) is 6.61 Å². The number of fused-ring (bicyclic) bond motifs is 1. The Kier molecular flexibility index (Phi) is 8.06. The van der Waals surface area contributed by atoms with Crippen molar-refractivity contribution >= 4 is 29.2 Å². The predicted octanol–water partition coefficient (Wildman–Crippen LogP) is 7.20. The molecule has 0 unspecified atom stereocenters. The fourth-order valence-corrected chi connectivity index (χ4v) is 4.52. The van der Waals surface area contributed by atoms with E-state index in [9.17, 15) is 13.6 Å². The third-order valence-corrected chi connectivity index (χ3v) is 6.51. The number of carbonyl (C=O) groups is 1. The third-order valence-electron chi connectivity index (χ3n) is 6.51. The summed E-state index contributed by atoms with van der Waals surface area (Å²) in [7, 11) is 0. The topological polar surface area (TPSA) is 54.3 Å². The van der Waals surface area contributed by atoms with Gasteiger partial charge in [-0.1, -0.05) is 86.8 Å². The molecule has 2 aliphatic rings. The number of hydrogen-bond donors (Lipinski definition) is 0. The summed E-state index contributed by atoms with van der Waals surface area (Å²) in [5.41, 5.74) is 3.40. The fourth-order valence-electron chi connectivity index (χ4n) is 4.52. The SMILES string of the molecule is CCCCCCOc1c(F)cc(/C=C2\N=C3C(Cc4ccccc4)=NC(c4ccccc4)=CN3C2=O)cc1F. The molecule has 0 atom stereocenters. The van der Waals surface area contributed by atoms with E-state index in [4.69, 9.17) is 9.73 Å². The Balaban J connectivity index is 1.44. The number of carbonyl (C=O) groups excluding carboxylic acids is 1. The van der Waals surface area contributed by atoms with Gasteiger partial charge in [0, 0.05) is 18.2 Å². The van der Waals surface area contributed by atoms with Gasteiger partial charge in [-0.25, -0.2) is 18.8 Å². The second-order valence-electron chi connectivity index (χ2n) is 9.46. The van der Waals surface area contributed by atoms with Crippen molar-refractivity contribution in [1.29, 1.82) is 0 Å². The quantitative estimate of drug-likeness (QED) is 0.208. The molecule has 0 fully saturated rings. The third kappa shape index (κ3) is 6.03. The van der Waals surface area contributed by atoms with Crippen molar-refractivity contribution in [2.45, 2.75) is 39.0 Å². The van der Waals surface area contributed by atoms with E-state index in [0.29, 0.717) is 23.7 Å². The minimum Gasteiger partial charge on any atom is -0.488 e. The Hall–Kier alpha value is -4.39. The summed E-state index contributed by atoms with van der Waals surface area (Å²) in [6.45, 7) is 2.34. The van der Waals surface area contributed by atoms with E-state index in [2.05, 4.69) is 11.9 Å². The van der Waals surface area contributed by atoms with Gasteiger partial charge in [0.1, 0.15) is 5.70 Å². The molecular weight excluding hydrogens is 496 g/mol. The van der Waals surface area contributed by atoms with Gasteiger partial charge < -0.3 is 4.74 Å². The maximum atomic E-state index is 14.7. The Morgan fingerprint density at radius 3 is 2.28 bits per heavy atom. The number of unbranched alkanes of at least 4 members (excludes halogenated alkanes) is 3. The first kappa shape index (κ1) is 26.2. The molecular formula is C32H29F2N3O2. The summed E-state index contributed by atoms with van der Waals surface area (Å²) in [6.07, 6.45) is 7.30. The lowest BCUT2D eigenvalue weighted by Gasteiger charge is -2.21. The highest BCUT2D eigenvalue weighted by Gasteiger charge is 2.35. The number of halogens is 2. The van der Waals surface area contributed by atoms with Crippen LogP contribution in [0.25, 0.3) is 11.8 Å². The van der Waals surface area contributed by atoms with Gasteiger partial charge in [-0.3, -0.25) is 9.69 Å². The zero-order valence-corrected chi connectivity index (χ0v) is 21.7. The zero-order valence-electron chi connectivity index (χ0n) is 21.7. The van der Waals surface area contributed by atoms with Gasteiger partial charge in [0.2, 0.25) is 0 Å². The lowest BCUT2D eigenvalue weighted by molar-refractivity contribution is -0.120. The minimum absolute atomic E-state index is 0.0726. The number of hydrogen-bond acceptors (Lipinski definition) is 4. The minimum atomic E-state index is -0.814. The molecule has 0 N–H and O–H groups in total. The second kappa shape index (κ2) is 12.0. The average Bonchev–Trinajstić information content (AvgIpc) is 3.26. The van der Waals surface area contributed by atoms with Gasteiger partial charge in [0.15, 0.2) is 23.2 Å². The highest BCUT2D eigenvalue weighted by molar-refractivity contribution is 6.48. The Labute approximate surface area is 226 Å². The van der Waals surface area contributed by atoms with Gasteiger partial charge in [0.25, 0.3) is 5.91 Å². The molecule has 5 nitrogen and oxygen atoms in total. The first-order valence-electron chi connectivity index (χ1n) is 13.2. The van der Waals surface area contributed by atoms with Crippen LogP contribution in [0, 0.1) is 11.6 Å². The Morgan fingerprint density at radius 2 is 1.59 bits per heavy atom. The van der Waals surface area contributed by atoms with Crippen LogP contribution in [0.3, 0.4) is 0 Å². The molecule has 0 spiro atoms. The normalized spacial score (nSPS) is 15.7. The maximum absolute atomic E-state index is 14.7. The Bertz CT molecular complexity index is 1450. The first-order chi connectivity index (χ1) is 19.0. The largest absolute Gasteiger partial charge is 0.488 e. The smallest absolute Gasteiger partial charge is 0.282 e. The molecule has 1 amide bonds. The van der Waals surface area contributed by atoms with Crippen molar-refractivity contribution in [2.24, 2.45) is 9.98 Å². The van der Waals surface area contributed by atoms with Gasteiger partial charge in [-0.15, -0.1) is 0 Å². The molecule has 3 aromatic rings. The molecule has 2 heterocycles. The molecule has 3 aromatic carbocycles. The molecule has 0 aliphatic carbocycles. The number of benzene rings is 3. The maximum Gasteiger partial charge on any atom is 0.282 e. The van der Waals surface area contributed by atoms with Crippen LogP contribution in [0.5, 0.6) is 5.75 Å². The lowest BCUT2D eigenvalue weighted by atomic mass is 10.1. The molecule has 39 heavy (non-hydrogen) atoms. The molecule has 0 bridgehead atoms. The number of amidine groups is 1. The van der Waals surface area contributed by atoms with Gasteiger partial charge >= 0.3 is 0 Å². The molecule has 0 saturated heterocycles. The van der Waals surface area contributed by atoms with Gasteiger partial charge in [0.05, 0.1) is 18.0 Å². The zero-order chi connectivity index (χ0) is 27.2. The second-order valence-corrected chi connectivity index (χ2v) is 9.46. The average molecular weight is 526 g/mol. The molecule has 0 saturated carbocycles. The van der Waals surface area contributed by atoms with Gasteiger partial charge in [-0.05, 0) is 35.8 Å².